The summed E-state index contributed by atoms with van der Waals surface area (Å²) >= 11 is 0. The number of halogens is 1. The van der Waals surface area contributed by atoms with Crippen molar-refractivity contribution in [3.8, 4) is 0 Å². The van der Waals surface area contributed by atoms with E-state index < -0.39 is 40.1 Å². The minimum atomic E-state index is -4.07. The number of ether oxygens (including phenoxy) is 2. The van der Waals surface area contributed by atoms with E-state index in [9.17, 15) is 22.8 Å². The Morgan fingerprint density at radius 3 is 2.51 bits per heavy atom. The molecule has 0 aliphatic carbocycles. The van der Waals surface area contributed by atoms with Crippen LogP contribution in [0.1, 0.15) is 35.6 Å². The summed E-state index contributed by atoms with van der Waals surface area (Å²) in [6, 6.07) is 11.9. The predicted molar refractivity (Wildman–Crippen MR) is 146 cm³/mol. The van der Waals surface area contributed by atoms with E-state index in [1.165, 1.54) is 17.2 Å². The summed E-state index contributed by atoms with van der Waals surface area (Å²) < 4.78 is 38.1. The Labute approximate surface area is 233 Å². The summed E-state index contributed by atoms with van der Waals surface area (Å²) in [5.41, 5.74) is 2.14. The van der Waals surface area contributed by atoms with E-state index in [4.69, 9.17) is 15.3 Å². The number of nitrogens with one attached hydrogen (secondary N) is 2. The van der Waals surface area contributed by atoms with Gasteiger partial charge in [-0.3, -0.25) is 9.59 Å². The predicted octanol–water partition coefficient (Wildman–Crippen LogP) is 1.62. The summed E-state index contributed by atoms with van der Waals surface area (Å²) in [6.45, 7) is 1.27. The fourth-order valence-corrected chi connectivity index (χ4v) is 5.53. The standard InChI is InChI=1S/C25H31N5O7S.ClH/c1-16-6-4-5-7-22(16)38(34,35)29-20(24(32)36-3)15-27-23(31)13-19-12-21(30(2)25(33)37-19)18-10-8-17(9-11-18)14-28-26;/h4-11,14,19-21,29H,12-13,15,26H2,1-3H3,(H,27,31);1H/t19-,20-,21+;/m0./s1. The summed E-state index contributed by atoms with van der Waals surface area (Å²) in [5.74, 6) is 3.79. The third kappa shape index (κ3) is 8.15. The van der Waals surface area contributed by atoms with Gasteiger partial charge in [0.05, 0.1) is 30.7 Å². The van der Waals surface area contributed by atoms with E-state index in [0.717, 1.165) is 18.2 Å². The number of hydrogen-bond donors (Lipinski definition) is 3. The second-order valence-electron chi connectivity index (χ2n) is 8.78. The lowest BCUT2D eigenvalue weighted by molar-refractivity contribution is -0.142. The number of benzene rings is 2. The van der Waals surface area contributed by atoms with Crippen LogP contribution in [-0.2, 0) is 29.1 Å². The smallest absolute Gasteiger partial charge is 0.410 e. The van der Waals surface area contributed by atoms with Gasteiger partial charge in [-0.15, -0.1) is 12.4 Å². The topological polar surface area (TPSA) is 169 Å². The number of aryl methyl sites for hydroxylation is 1. The monoisotopic (exact) mass is 581 g/mol. The van der Waals surface area contributed by atoms with Gasteiger partial charge in [0.15, 0.2) is 0 Å². The number of hydrogen-bond acceptors (Lipinski definition) is 9. The molecule has 1 heterocycles. The molecule has 0 bridgehead atoms. The molecule has 3 atom stereocenters. The Bertz CT molecular complexity index is 1300. The van der Waals surface area contributed by atoms with Crippen LogP contribution in [0.15, 0.2) is 58.5 Å². The van der Waals surface area contributed by atoms with Gasteiger partial charge in [0.25, 0.3) is 0 Å². The van der Waals surface area contributed by atoms with Gasteiger partial charge in [-0.25, -0.2) is 13.2 Å². The van der Waals surface area contributed by atoms with Crippen LogP contribution < -0.4 is 15.9 Å². The number of nitrogens with zero attached hydrogens (tertiary/aromatic N) is 2. The van der Waals surface area contributed by atoms with E-state index >= 15 is 0 Å². The minimum Gasteiger partial charge on any atom is -0.468 e. The molecule has 0 aromatic heterocycles. The first kappa shape index (κ1) is 31.5. The second kappa shape index (κ2) is 13.9. The molecule has 1 fully saturated rings. The fourth-order valence-electron chi connectivity index (χ4n) is 4.10. The van der Waals surface area contributed by atoms with Gasteiger partial charge in [0.2, 0.25) is 15.9 Å². The van der Waals surface area contributed by atoms with E-state index in [1.807, 2.05) is 24.3 Å². The van der Waals surface area contributed by atoms with Gasteiger partial charge in [-0.1, -0.05) is 42.5 Å². The molecule has 212 valence electrons. The molecule has 0 saturated carbocycles. The van der Waals surface area contributed by atoms with E-state index in [1.54, 1.807) is 32.2 Å². The van der Waals surface area contributed by atoms with Crippen molar-refractivity contribution in [2.45, 2.75) is 42.8 Å². The number of rotatable bonds is 10. The number of methoxy groups -OCH3 is 1. The SMILES string of the molecule is COC(=O)[C@H](CNC(=O)C[C@@H]1C[C@H](c2ccc(C=NN)cc2)N(C)C(=O)O1)NS(=O)(=O)c1ccccc1C.Cl. The third-order valence-electron chi connectivity index (χ3n) is 6.14. The van der Waals surface area contributed by atoms with Crippen molar-refractivity contribution in [1.82, 2.24) is 14.9 Å². The molecule has 1 aliphatic rings. The van der Waals surface area contributed by atoms with Crippen LogP contribution in [-0.4, -0.2) is 70.4 Å². The number of hydrazone groups is 1. The average Bonchev–Trinajstić information content (AvgIpc) is 2.89. The summed E-state index contributed by atoms with van der Waals surface area (Å²) in [5, 5.41) is 6.02. The van der Waals surface area contributed by atoms with Crippen molar-refractivity contribution in [3.63, 3.8) is 0 Å². The molecule has 14 heteroatoms. The number of cyclic esters (lactones) is 1. The molecule has 12 nitrogen and oxygen atoms in total. The molecule has 0 spiro atoms. The summed E-state index contributed by atoms with van der Waals surface area (Å²) in [6.07, 6.45) is 0.366. The molecule has 1 saturated heterocycles. The zero-order chi connectivity index (χ0) is 27.9. The lowest BCUT2D eigenvalue weighted by atomic mass is 9.96. The molecule has 2 amide bonds. The van der Waals surface area contributed by atoms with Crippen LogP contribution in [0.2, 0.25) is 0 Å². The summed E-state index contributed by atoms with van der Waals surface area (Å²) in [4.78, 5) is 38.9. The van der Waals surface area contributed by atoms with Crippen LogP contribution in [0.5, 0.6) is 0 Å². The van der Waals surface area contributed by atoms with Crippen molar-refractivity contribution in [3.05, 3.63) is 65.2 Å². The first-order valence-electron chi connectivity index (χ1n) is 11.7. The Morgan fingerprint density at radius 1 is 1.23 bits per heavy atom. The van der Waals surface area contributed by atoms with Crippen LogP contribution in [0.25, 0.3) is 0 Å². The molecule has 4 N–H and O–H groups in total. The number of carbonyl (C=O) groups is 3. The molecule has 3 rings (SSSR count). The highest BCUT2D eigenvalue weighted by atomic mass is 35.5. The Kier molecular flexibility index (Phi) is 11.3. The summed E-state index contributed by atoms with van der Waals surface area (Å²) in [7, 11) is -1.34. The van der Waals surface area contributed by atoms with Gasteiger partial charge in [0, 0.05) is 20.0 Å². The zero-order valence-electron chi connectivity index (χ0n) is 21.7. The normalized spacial score (nSPS) is 18.1. The van der Waals surface area contributed by atoms with Crippen molar-refractivity contribution in [1.29, 1.82) is 0 Å². The van der Waals surface area contributed by atoms with Gasteiger partial charge in [0.1, 0.15) is 12.1 Å². The highest BCUT2D eigenvalue weighted by molar-refractivity contribution is 7.89. The van der Waals surface area contributed by atoms with Crippen molar-refractivity contribution in [2.75, 3.05) is 20.7 Å². The Hall–Kier alpha value is -3.68. The quantitative estimate of drug-likeness (QED) is 0.164. The van der Waals surface area contributed by atoms with Crippen molar-refractivity contribution < 1.29 is 32.3 Å². The average molecular weight is 582 g/mol. The Morgan fingerprint density at radius 2 is 1.90 bits per heavy atom. The molecule has 2 aromatic carbocycles. The largest absolute Gasteiger partial charge is 0.468 e. The molecule has 1 aliphatic heterocycles. The van der Waals surface area contributed by atoms with Gasteiger partial charge in [-0.2, -0.15) is 9.82 Å². The third-order valence-corrected chi connectivity index (χ3v) is 7.77. The van der Waals surface area contributed by atoms with Gasteiger partial charge in [-0.05, 0) is 29.7 Å². The maximum atomic E-state index is 12.8. The van der Waals surface area contributed by atoms with Crippen LogP contribution in [0.3, 0.4) is 0 Å². The number of sulfonamides is 1. The fraction of sp³-hybridized carbons (Fsp3) is 0.360. The number of carbonyl (C=O) groups excluding carboxylic acids is 3. The van der Waals surface area contributed by atoms with E-state index in [0.29, 0.717) is 12.0 Å². The number of amides is 2. The zero-order valence-corrected chi connectivity index (χ0v) is 23.3. The molecule has 0 unspecified atom stereocenters. The maximum absolute atomic E-state index is 12.8. The molecule has 2 aromatic rings. The minimum absolute atomic E-state index is 0. The van der Waals surface area contributed by atoms with Gasteiger partial charge < -0.3 is 25.5 Å². The highest BCUT2D eigenvalue weighted by Crippen LogP contribution is 2.31. The molecular formula is C25H32ClN5O7S. The first-order valence-corrected chi connectivity index (χ1v) is 13.2. The number of esters is 1. The highest BCUT2D eigenvalue weighted by Gasteiger charge is 2.35. The van der Waals surface area contributed by atoms with Crippen LogP contribution in [0.4, 0.5) is 4.79 Å². The first-order chi connectivity index (χ1) is 18.1. The van der Waals surface area contributed by atoms with E-state index in [-0.39, 0.29) is 36.3 Å². The lowest BCUT2D eigenvalue weighted by Crippen LogP contribution is -2.49. The van der Waals surface area contributed by atoms with E-state index in [2.05, 4.69) is 15.1 Å². The van der Waals surface area contributed by atoms with Gasteiger partial charge >= 0.3 is 12.1 Å². The second-order valence-corrected chi connectivity index (χ2v) is 10.5. The number of nitrogens with two attached hydrogens (primary N) is 1. The van der Waals surface area contributed by atoms with Crippen molar-refractivity contribution in [2.24, 2.45) is 10.9 Å². The lowest BCUT2D eigenvalue weighted by Gasteiger charge is -2.36. The molecule has 39 heavy (non-hydrogen) atoms. The van der Waals surface area contributed by atoms with Crippen LogP contribution >= 0.6 is 12.4 Å². The molecule has 0 radical (unpaired) electrons. The van der Waals surface area contributed by atoms with Crippen LogP contribution in [0, 0.1) is 6.92 Å². The maximum Gasteiger partial charge on any atom is 0.410 e. The molecular weight excluding hydrogens is 550 g/mol. The van der Waals surface area contributed by atoms with Crippen molar-refractivity contribution >= 4 is 46.6 Å². The Balaban J connectivity index is 0.00000533.